The van der Waals surface area contributed by atoms with Crippen molar-refractivity contribution in [2.45, 2.75) is 35.3 Å². The van der Waals surface area contributed by atoms with Crippen molar-refractivity contribution in [3.63, 3.8) is 0 Å². The van der Waals surface area contributed by atoms with Crippen molar-refractivity contribution in [3.05, 3.63) is 35.0 Å². The number of halogens is 1. The molecule has 9 nitrogen and oxygen atoms in total. The van der Waals surface area contributed by atoms with Crippen LogP contribution < -0.4 is 10.2 Å². The first-order valence-electron chi connectivity index (χ1n) is 12.0. The molecular weight excluding hydrogens is 522 g/mol. The average Bonchev–Trinajstić information content (AvgIpc) is 3.54. The van der Waals surface area contributed by atoms with Gasteiger partial charge in [-0.25, -0.2) is 14.6 Å². The Labute approximate surface area is 223 Å². The van der Waals surface area contributed by atoms with E-state index in [-0.39, 0.29) is 23.4 Å². The predicted octanol–water partition coefficient (Wildman–Crippen LogP) is 4.66. The van der Waals surface area contributed by atoms with Gasteiger partial charge in [0.1, 0.15) is 0 Å². The van der Waals surface area contributed by atoms with E-state index in [0.717, 1.165) is 53.6 Å². The lowest BCUT2D eigenvalue weighted by Gasteiger charge is -2.30. The number of methoxy groups -OCH3 is 1. The lowest BCUT2D eigenvalue weighted by molar-refractivity contribution is -0.134. The number of hydrogen-bond acceptors (Lipinski definition) is 7. The number of aromatic nitrogens is 1. The molecule has 4 heterocycles. The van der Waals surface area contributed by atoms with Crippen LogP contribution in [-0.4, -0.2) is 78.4 Å². The largest absolute Gasteiger partial charge is 0.453 e. The van der Waals surface area contributed by atoms with Crippen molar-refractivity contribution < 1.29 is 19.1 Å². The monoisotopic (exact) mass is 549 g/mol. The van der Waals surface area contributed by atoms with Crippen LogP contribution >= 0.6 is 34.7 Å². The average molecular weight is 550 g/mol. The number of likely N-dealkylation sites (tertiary alicyclic amines) is 2. The summed E-state index contributed by atoms with van der Waals surface area (Å²) in [6.07, 6.45) is 4.61. The van der Waals surface area contributed by atoms with Gasteiger partial charge < -0.3 is 14.5 Å². The summed E-state index contributed by atoms with van der Waals surface area (Å²) in [7, 11) is 1.38. The molecule has 3 aliphatic rings. The first-order valence-corrected chi connectivity index (χ1v) is 14.1. The Morgan fingerprint density at radius 3 is 2.81 bits per heavy atom. The first-order chi connectivity index (χ1) is 17.4. The van der Waals surface area contributed by atoms with E-state index in [2.05, 4.69) is 10.3 Å². The van der Waals surface area contributed by atoms with Gasteiger partial charge in [-0.15, -0.1) is 11.8 Å². The molecule has 1 N–H and O–H groups in total. The lowest BCUT2D eigenvalue weighted by atomic mass is 9.81. The highest BCUT2D eigenvalue weighted by atomic mass is 35.5. The molecule has 2 aromatic rings. The number of carbonyl (C=O) groups is 3. The van der Waals surface area contributed by atoms with Crippen molar-refractivity contribution in [2.75, 3.05) is 55.8 Å². The van der Waals surface area contributed by atoms with Crippen LogP contribution in [0.4, 0.5) is 20.4 Å². The molecule has 12 heteroatoms. The number of ether oxygens (including phenoxy) is 1. The summed E-state index contributed by atoms with van der Waals surface area (Å²) < 4.78 is 5.91. The molecule has 1 unspecified atom stereocenters. The Morgan fingerprint density at radius 1 is 1.22 bits per heavy atom. The zero-order chi connectivity index (χ0) is 25.3. The standard InChI is InChI=1S/C24H28ClN5O4S2/c1-34-23(33)29-10-7-24(14-29)15-30(18-6-5-16(25)12-17(18)24)22(32)27-21-26-13-20(36-21)35-11-2-4-19(31)28-8-3-9-28/h5-6,12-13H,2-4,7-11,14-15H2,1H3,(H,26,27,32). The molecule has 192 valence electrons. The Kier molecular flexibility index (Phi) is 7.32. The molecule has 2 saturated heterocycles. The van der Waals surface area contributed by atoms with Crippen molar-refractivity contribution in [1.29, 1.82) is 0 Å². The Bertz CT molecular complexity index is 1170. The zero-order valence-corrected chi connectivity index (χ0v) is 22.4. The number of hydrogen-bond donors (Lipinski definition) is 1. The van der Waals surface area contributed by atoms with E-state index in [0.29, 0.717) is 36.2 Å². The maximum Gasteiger partial charge on any atom is 0.409 e. The number of nitrogens with zero attached hydrogens (tertiary/aromatic N) is 4. The molecule has 3 aliphatic heterocycles. The molecule has 1 spiro atoms. The fraction of sp³-hybridized carbons (Fsp3) is 0.500. The minimum Gasteiger partial charge on any atom is -0.453 e. The summed E-state index contributed by atoms with van der Waals surface area (Å²) in [5.41, 5.74) is 1.38. The van der Waals surface area contributed by atoms with E-state index in [1.54, 1.807) is 33.8 Å². The SMILES string of the molecule is COC(=O)N1CCC2(C1)CN(C(=O)Nc1ncc(SCCCC(=O)N3CCC3)s1)c1ccc(Cl)cc12. The molecule has 0 bridgehead atoms. The van der Waals surface area contributed by atoms with Crippen LogP contribution in [0.3, 0.4) is 0 Å². The number of fused-ring (bicyclic) bond motifs is 2. The van der Waals surface area contributed by atoms with Gasteiger partial charge in [0.25, 0.3) is 0 Å². The van der Waals surface area contributed by atoms with Gasteiger partial charge in [-0.2, -0.15) is 0 Å². The number of benzene rings is 1. The Morgan fingerprint density at radius 2 is 2.06 bits per heavy atom. The van der Waals surface area contributed by atoms with E-state index < -0.39 is 0 Å². The third-order valence-electron chi connectivity index (χ3n) is 7.00. The van der Waals surface area contributed by atoms with Crippen LogP contribution in [0.15, 0.2) is 28.6 Å². The van der Waals surface area contributed by atoms with Gasteiger partial charge >= 0.3 is 12.1 Å². The van der Waals surface area contributed by atoms with Crippen molar-refractivity contribution in [1.82, 2.24) is 14.8 Å². The van der Waals surface area contributed by atoms with Gasteiger partial charge in [-0.1, -0.05) is 22.9 Å². The molecule has 0 radical (unpaired) electrons. The maximum absolute atomic E-state index is 13.3. The van der Waals surface area contributed by atoms with Gasteiger partial charge in [-0.05, 0) is 48.8 Å². The summed E-state index contributed by atoms with van der Waals surface area (Å²) in [4.78, 5) is 47.1. The summed E-state index contributed by atoms with van der Waals surface area (Å²) in [6.45, 7) is 3.26. The highest BCUT2D eigenvalue weighted by Crippen LogP contribution is 2.47. The minimum atomic E-state index is -0.386. The van der Waals surface area contributed by atoms with Crippen LogP contribution in [-0.2, 0) is 14.9 Å². The van der Waals surface area contributed by atoms with Crippen molar-refractivity contribution in [3.8, 4) is 0 Å². The topological polar surface area (TPSA) is 95.1 Å². The zero-order valence-electron chi connectivity index (χ0n) is 20.0. The van der Waals surface area contributed by atoms with Gasteiger partial charge in [0.15, 0.2) is 5.13 Å². The van der Waals surface area contributed by atoms with Crippen molar-refractivity contribution >= 4 is 63.6 Å². The van der Waals surface area contributed by atoms with E-state index in [9.17, 15) is 14.4 Å². The molecule has 2 fully saturated rings. The molecule has 1 aromatic carbocycles. The maximum atomic E-state index is 13.3. The molecule has 0 saturated carbocycles. The van der Waals surface area contributed by atoms with E-state index in [1.807, 2.05) is 17.0 Å². The third kappa shape index (κ3) is 5.01. The second-order valence-electron chi connectivity index (χ2n) is 9.27. The third-order valence-corrected chi connectivity index (χ3v) is 9.43. The number of carbonyl (C=O) groups excluding carboxylic acids is 3. The number of thioether (sulfide) groups is 1. The first kappa shape index (κ1) is 25.2. The molecule has 1 atom stereocenters. The molecule has 36 heavy (non-hydrogen) atoms. The second-order valence-corrected chi connectivity index (χ2v) is 12.1. The summed E-state index contributed by atoms with van der Waals surface area (Å²) in [5, 5.41) is 4.06. The second kappa shape index (κ2) is 10.5. The molecule has 1 aromatic heterocycles. The Balaban J connectivity index is 1.20. The van der Waals surface area contributed by atoms with E-state index >= 15 is 0 Å². The Hall–Kier alpha value is -2.50. The quantitative estimate of drug-likeness (QED) is 0.416. The van der Waals surface area contributed by atoms with Crippen LogP contribution in [0.25, 0.3) is 0 Å². The molecule has 4 amide bonds. The van der Waals surface area contributed by atoms with Gasteiger partial charge in [-0.3, -0.25) is 15.0 Å². The van der Waals surface area contributed by atoms with Gasteiger partial charge in [0, 0.05) is 55.3 Å². The van der Waals surface area contributed by atoms with Crippen LogP contribution in [0.1, 0.15) is 31.2 Å². The molecular formula is C24H28ClN5O4S2. The smallest absolute Gasteiger partial charge is 0.409 e. The summed E-state index contributed by atoms with van der Waals surface area (Å²) >= 11 is 9.38. The fourth-order valence-electron chi connectivity index (χ4n) is 4.99. The van der Waals surface area contributed by atoms with Crippen LogP contribution in [0.5, 0.6) is 0 Å². The van der Waals surface area contributed by atoms with Crippen LogP contribution in [0.2, 0.25) is 5.02 Å². The van der Waals surface area contributed by atoms with Gasteiger partial charge in [0.2, 0.25) is 5.91 Å². The number of thiazole rings is 1. The highest BCUT2D eigenvalue weighted by molar-refractivity contribution is 8.01. The summed E-state index contributed by atoms with van der Waals surface area (Å²) in [6, 6.07) is 5.27. The normalized spacial score (nSPS) is 20.4. The number of anilines is 2. The van der Waals surface area contributed by atoms with E-state index in [4.69, 9.17) is 16.3 Å². The number of amides is 4. The van der Waals surface area contributed by atoms with Crippen LogP contribution in [0, 0.1) is 0 Å². The molecule has 5 rings (SSSR count). The number of urea groups is 1. The molecule has 0 aliphatic carbocycles. The minimum absolute atomic E-state index is 0.237. The van der Waals surface area contributed by atoms with Gasteiger partial charge in [0.05, 0.1) is 17.5 Å². The highest BCUT2D eigenvalue weighted by Gasteiger charge is 2.50. The fourth-order valence-corrected chi connectivity index (χ4v) is 7.04. The lowest BCUT2D eigenvalue weighted by Crippen LogP contribution is -2.41. The number of rotatable bonds is 6. The number of nitrogens with one attached hydrogen (secondary N) is 1. The van der Waals surface area contributed by atoms with E-state index in [1.165, 1.54) is 18.4 Å². The van der Waals surface area contributed by atoms with Crippen molar-refractivity contribution in [2.24, 2.45) is 0 Å². The predicted molar refractivity (Wildman–Crippen MR) is 141 cm³/mol. The summed E-state index contributed by atoms with van der Waals surface area (Å²) in [5.74, 6) is 1.07.